The summed E-state index contributed by atoms with van der Waals surface area (Å²) in [5.41, 5.74) is 0. The van der Waals surface area contributed by atoms with Crippen molar-refractivity contribution in [2.45, 2.75) is 156 Å². The fraction of sp³-hybridized carbons (Fsp3) is 0.800. The first-order valence-corrected chi connectivity index (χ1v) is 16.2. The Morgan fingerprint density at radius 3 is 0.938 bits per heavy atom. The summed E-state index contributed by atoms with van der Waals surface area (Å²) in [5.74, 6) is 6.07. The molecule has 0 aliphatic rings. The van der Waals surface area contributed by atoms with Crippen LogP contribution in [0.25, 0.3) is 0 Å². The van der Waals surface area contributed by atoms with Crippen LogP contribution in [0.1, 0.15) is 156 Å². The van der Waals surface area contributed by atoms with Crippen molar-refractivity contribution in [3.63, 3.8) is 0 Å². The number of hydrogen-bond acceptors (Lipinski definition) is 1. The molecule has 0 aromatic carbocycles. The Morgan fingerprint density at radius 2 is 0.656 bits per heavy atom. The molecule has 0 atom stereocenters. The molecule has 0 aliphatic carbocycles. The van der Waals surface area contributed by atoms with Gasteiger partial charge in [0.25, 0.3) is 0 Å². The minimum absolute atomic E-state index is 1.06. The third-order valence-corrected chi connectivity index (χ3v) is 8.22. The van der Waals surface area contributed by atoms with Gasteiger partial charge in [0.1, 0.15) is 7.14 Å². The zero-order valence-electron chi connectivity index (χ0n) is 22.2. The summed E-state index contributed by atoms with van der Waals surface area (Å²) in [5, 5.41) is 0. The van der Waals surface area contributed by atoms with Crippen molar-refractivity contribution in [2.24, 2.45) is 0 Å². The Kier molecular flexibility index (Phi) is 24.6. The zero-order valence-corrected chi connectivity index (χ0v) is 23.1. The maximum atomic E-state index is 13.5. The lowest BCUT2D eigenvalue weighted by atomic mass is 10.1. The molecule has 0 heterocycles. The SMILES string of the molecule is CCCCCCCCC=CP(=O)(C=CCCCCCCCC)C=CCCCCCCCC. The first-order chi connectivity index (χ1) is 15.7. The molecule has 188 valence electrons. The van der Waals surface area contributed by atoms with E-state index in [1.165, 1.54) is 116 Å². The van der Waals surface area contributed by atoms with E-state index in [-0.39, 0.29) is 0 Å². The lowest BCUT2D eigenvalue weighted by molar-refractivity contribution is 0.590. The summed E-state index contributed by atoms with van der Waals surface area (Å²) < 4.78 is 13.5. The van der Waals surface area contributed by atoms with E-state index in [4.69, 9.17) is 0 Å². The predicted octanol–water partition coefficient (Wildman–Crippen LogP) is 12.1. The van der Waals surface area contributed by atoms with Crippen LogP contribution in [0.2, 0.25) is 0 Å². The summed E-state index contributed by atoms with van der Waals surface area (Å²) in [7, 11) is -2.46. The maximum Gasteiger partial charge on any atom is 0.149 e. The van der Waals surface area contributed by atoms with E-state index >= 15 is 0 Å². The summed E-state index contributed by atoms with van der Waals surface area (Å²) in [6, 6.07) is 0. The molecular formula is C30H57OP. The maximum absolute atomic E-state index is 13.5. The quantitative estimate of drug-likeness (QED) is 0.102. The smallest absolute Gasteiger partial charge is 0.149 e. The number of allylic oxidation sites excluding steroid dienone is 3. The molecule has 0 spiro atoms. The van der Waals surface area contributed by atoms with Gasteiger partial charge in [-0.2, -0.15) is 0 Å². The van der Waals surface area contributed by atoms with Gasteiger partial charge in [-0.25, -0.2) is 0 Å². The van der Waals surface area contributed by atoms with E-state index in [9.17, 15) is 4.57 Å². The van der Waals surface area contributed by atoms with Gasteiger partial charge in [-0.05, 0) is 56.0 Å². The second kappa shape index (κ2) is 25.1. The van der Waals surface area contributed by atoms with E-state index < -0.39 is 7.14 Å². The standard InChI is InChI=1S/C30H57OP/c1-4-7-10-13-16-19-22-25-28-32(31,29-26-23-20-17-14-11-8-5-2)30-27-24-21-18-15-12-9-6-3/h25-30H,4-24H2,1-3H3. The lowest BCUT2D eigenvalue weighted by Gasteiger charge is -2.05. The molecule has 0 saturated carbocycles. The Bertz CT molecular complexity index is 432. The van der Waals surface area contributed by atoms with Crippen molar-refractivity contribution in [1.82, 2.24) is 0 Å². The highest BCUT2D eigenvalue weighted by Crippen LogP contribution is 2.51. The van der Waals surface area contributed by atoms with Crippen molar-refractivity contribution in [3.8, 4) is 0 Å². The molecule has 0 bridgehead atoms. The van der Waals surface area contributed by atoms with Crippen molar-refractivity contribution in [2.75, 3.05) is 0 Å². The Labute approximate surface area is 203 Å². The number of unbranched alkanes of at least 4 members (excludes halogenated alkanes) is 18. The molecule has 0 aliphatic heterocycles. The highest BCUT2D eigenvalue weighted by Gasteiger charge is 2.08. The van der Waals surface area contributed by atoms with Crippen LogP contribution in [0.5, 0.6) is 0 Å². The highest BCUT2D eigenvalue weighted by molar-refractivity contribution is 7.73. The summed E-state index contributed by atoms with van der Waals surface area (Å²) >= 11 is 0. The van der Waals surface area contributed by atoms with E-state index in [2.05, 4.69) is 39.0 Å². The van der Waals surface area contributed by atoms with E-state index in [0.29, 0.717) is 0 Å². The van der Waals surface area contributed by atoms with Gasteiger partial charge >= 0.3 is 0 Å². The van der Waals surface area contributed by atoms with Crippen LogP contribution < -0.4 is 0 Å². The van der Waals surface area contributed by atoms with Gasteiger partial charge < -0.3 is 4.57 Å². The molecule has 0 saturated heterocycles. The Hall–Kier alpha value is -0.550. The largest absolute Gasteiger partial charge is 0.311 e. The highest BCUT2D eigenvalue weighted by atomic mass is 31.2. The van der Waals surface area contributed by atoms with Gasteiger partial charge in [0.15, 0.2) is 0 Å². The van der Waals surface area contributed by atoms with Gasteiger partial charge in [-0.3, -0.25) is 0 Å². The third-order valence-electron chi connectivity index (χ3n) is 6.19. The first-order valence-electron chi connectivity index (χ1n) is 14.3. The third kappa shape index (κ3) is 22.6. The molecule has 1 nitrogen and oxygen atoms in total. The van der Waals surface area contributed by atoms with Crippen LogP contribution in [-0.4, -0.2) is 0 Å². The molecule has 0 aromatic rings. The molecule has 0 unspecified atom stereocenters. The van der Waals surface area contributed by atoms with Gasteiger partial charge in [-0.15, -0.1) is 0 Å². The molecule has 32 heavy (non-hydrogen) atoms. The van der Waals surface area contributed by atoms with Crippen molar-refractivity contribution in [3.05, 3.63) is 35.7 Å². The van der Waals surface area contributed by atoms with Gasteiger partial charge in [-0.1, -0.05) is 135 Å². The molecular weight excluding hydrogens is 407 g/mol. The van der Waals surface area contributed by atoms with E-state index in [1.807, 2.05) is 17.5 Å². The van der Waals surface area contributed by atoms with Crippen molar-refractivity contribution >= 4 is 7.14 Å². The lowest BCUT2D eigenvalue weighted by Crippen LogP contribution is -1.79. The summed E-state index contributed by atoms with van der Waals surface area (Å²) in [6.45, 7) is 6.79. The van der Waals surface area contributed by atoms with Crippen LogP contribution in [-0.2, 0) is 4.57 Å². The first kappa shape index (κ1) is 31.4. The molecule has 0 N–H and O–H groups in total. The molecule has 0 rings (SSSR count). The Morgan fingerprint density at radius 1 is 0.406 bits per heavy atom. The monoisotopic (exact) mass is 464 g/mol. The average molecular weight is 465 g/mol. The van der Waals surface area contributed by atoms with Crippen LogP contribution in [0, 0.1) is 0 Å². The van der Waals surface area contributed by atoms with Crippen LogP contribution in [0.15, 0.2) is 35.7 Å². The summed E-state index contributed by atoms with van der Waals surface area (Å²) in [6.07, 6.45) is 33.4. The van der Waals surface area contributed by atoms with Crippen molar-refractivity contribution < 1.29 is 4.57 Å². The van der Waals surface area contributed by atoms with Gasteiger partial charge in [0, 0.05) is 0 Å². The molecule has 2 heteroatoms. The van der Waals surface area contributed by atoms with Gasteiger partial charge in [0.2, 0.25) is 0 Å². The average Bonchev–Trinajstić information content (AvgIpc) is 2.79. The minimum atomic E-state index is -2.46. The second-order valence-electron chi connectivity index (χ2n) is 9.59. The van der Waals surface area contributed by atoms with Crippen LogP contribution >= 0.6 is 7.14 Å². The topological polar surface area (TPSA) is 17.1 Å². The number of hydrogen-bond donors (Lipinski definition) is 0. The van der Waals surface area contributed by atoms with E-state index in [1.54, 1.807) is 0 Å². The predicted molar refractivity (Wildman–Crippen MR) is 149 cm³/mol. The zero-order chi connectivity index (χ0) is 23.6. The second-order valence-corrected chi connectivity index (χ2v) is 12.0. The van der Waals surface area contributed by atoms with Gasteiger partial charge in [0.05, 0.1) is 0 Å². The summed E-state index contributed by atoms with van der Waals surface area (Å²) in [4.78, 5) is 0. The minimum Gasteiger partial charge on any atom is -0.311 e. The number of rotatable bonds is 24. The fourth-order valence-corrected chi connectivity index (χ4v) is 5.73. The molecule has 0 aromatic heterocycles. The molecule has 0 amide bonds. The van der Waals surface area contributed by atoms with E-state index in [0.717, 1.165) is 19.3 Å². The van der Waals surface area contributed by atoms with Crippen LogP contribution in [0.4, 0.5) is 0 Å². The molecule has 0 radical (unpaired) electrons. The Balaban J connectivity index is 4.42. The molecule has 0 fully saturated rings. The van der Waals surface area contributed by atoms with Crippen LogP contribution in [0.3, 0.4) is 0 Å². The fourth-order valence-electron chi connectivity index (χ4n) is 3.99. The van der Waals surface area contributed by atoms with Crippen molar-refractivity contribution in [1.29, 1.82) is 0 Å². The normalized spacial score (nSPS) is 14.2.